The Labute approximate surface area is 151 Å². The Morgan fingerprint density at radius 3 is 2.84 bits per heavy atom. The van der Waals surface area contributed by atoms with E-state index in [4.69, 9.17) is 5.11 Å². The minimum Gasteiger partial charge on any atom is -0.512 e. The van der Waals surface area contributed by atoms with E-state index in [1.807, 2.05) is 0 Å². The Hall–Kier alpha value is -2.01. The van der Waals surface area contributed by atoms with Gasteiger partial charge in [0.05, 0.1) is 18.3 Å². The molecule has 0 unspecified atom stereocenters. The number of hydrogen-bond acceptors (Lipinski definition) is 4. The summed E-state index contributed by atoms with van der Waals surface area (Å²) in [5.41, 5.74) is 3.68. The normalized spacial score (nSPS) is 18.8. The summed E-state index contributed by atoms with van der Waals surface area (Å²) in [6.45, 7) is 12.8. The van der Waals surface area contributed by atoms with Gasteiger partial charge in [-0.25, -0.2) is 0 Å². The monoisotopic (exact) mass is 345 g/mol. The van der Waals surface area contributed by atoms with E-state index >= 15 is 0 Å². The van der Waals surface area contributed by atoms with Crippen molar-refractivity contribution in [3.63, 3.8) is 0 Å². The molecule has 1 fully saturated rings. The number of aliphatic hydroxyl groups is 1. The van der Waals surface area contributed by atoms with Gasteiger partial charge in [0.2, 0.25) is 5.91 Å². The van der Waals surface area contributed by atoms with E-state index in [0.717, 1.165) is 44.5 Å². The van der Waals surface area contributed by atoms with E-state index in [-0.39, 0.29) is 17.7 Å². The number of carbonyl (C=O) groups excluding carboxylic acids is 1. The predicted octanol–water partition coefficient (Wildman–Crippen LogP) is 2.80. The van der Waals surface area contributed by atoms with Crippen LogP contribution in [0.1, 0.15) is 39.0 Å². The first-order valence-corrected chi connectivity index (χ1v) is 9.12. The van der Waals surface area contributed by atoms with E-state index < -0.39 is 0 Å². The fourth-order valence-electron chi connectivity index (χ4n) is 3.19. The Bertz CT molecular complexity index is 571. The van der Waals surface area contributed by atoms with Crippen LogP contribution in [0, 0.1) is 0 Å². The van der Waals surface area contributed by atoms with Gasteiger partial charge in [0, 0.05) is 31.8 Å². The van der Waals surface area contributed by atoms with Gasteiger partial charge in [-0.3, -0.25) is 9.69 Å². The van der Waals surface area contributed by atoms with E-state index in [0.29, 0.717) is 13.0 Å². The molecule has 25 heavy (non-hydrogen) atoms. The Kier molecular flexibility index (Phi) is 7.31. The van der Waals surface area contributed by atoms with E-state index in [1.165, 1.54) is 17.7 Å². The Morgan fingerprint density at radius 1 is 1.40 bits per heavy atom. The molecule has 2 rings (SSSR count). The molecule has 0 aromatic rings. The van der Waals surface area contributed by atoms with Crippen LogP contribution in [-0.2, 0) is 4.79 Å². The van der Waals surface area contributed by atoms with Gasteiger partial charge in [-0.15, -0.1) is 0 Å². The highest BCUT2D eigenvalue weighted by Crippen LogP contribution is 2.17. The second-order valence-electron chi connectivity index (χ2n) is 7.05. The van der Waals surface area contributed by atoms with Crippen molar-refractivity contribution in [2.24, 2.45) is 0 Å². The molecule has 0 saturated carbocycles. The standard InChI is InChI=1S/C20H31N3O2/c1-15(9-10-18-7-5-11-21-17(18)3)6-4-8-20(25)22-19-13-23(14-19)12-16(2)24/h9-10,19,21,24H,1-2,4-8,11-14H2,3H3,(H,22,25)/b10-9-. The van der Waals surface area contributed by atoms with Crippen molar-refractivity contribution in [1.82, 2.24) is 15.5 Å². The molecule has 0 spiro atoms. The van der Waals surface area contributed by atoms with Crippen LogP contribution in [0.2, 0.25) is 0 Å². The quantitative estimate of drug-likeness (QED) is 0.444. The van der Waals surface area contributed by atoms with Gasteiger partial charge < -0.3 is 15.7 Å². The molecule has 2 heterocycles. The lowest BCUT2D eigenvalue weighted by Gasteiger charge is -2.39. The number of amides is 1. The predicted molar refractivity (Wildman–Crippen MR) is 102 cm³/mol. The highest BCUT2D eigenvalue weighted by molar-refractivity contribution is 5.76. The van der Waals surface area contributed by atoms with Gasteiger partial charge in [0.25, 0.3) is 0 Å². The second-order valence-corrected chi connectivity index (χ2v) is 7.05. The van der Waals surface area contributed by atoms with Crippen molar-refractivity contribution in [1.29, 1.82) is 0 Å². The molecule has 0 radical (unpaired) electrons. The van der Waals surface area contributed by atoms with Crippen LogP contribution < -0.4 is 10.6 Å². The van der Waals surface area contributed by atoms with Crippen LogP contribution >= 0.6 is 0 Å². The number of aliphatic hydroxyl groups excluding tert-OH is 1. The maximum atomic E-state index is 11.9. The summed E-state index contributed by atoms with van der Waals surface area (Å²) < 4.78 is 0. The lowest BCUT2D eigenvalue weighted by Crippen LogP contribution is -2.59. The zero-order chi connectivity index (χ0) is 18.2. The minimum absolute atomic E-state index is 0.0966. The average molecular weight is 345 g/mol. The second kappa shape index (κ2) is 9.47. The highest BCUT2D eigenvalue weighted by atomic mass is 16.3. The zero-order valence-corrected chi connectivity index (χ0v) is 15.3. The van der Waals surface area contributed by atoms with Gasteiger partial charge in [-0.2, -0.15) is 0 Å². The van der Waals surface area contributed by atoms with Crippen molar-refractivity contribution in [3.05, 3.63) is 47.9 Å². The molecular weight excluding hydrogens is 314 g/mol. The third-order valence-electron chi connectivity index (χ3n) is 4.65. The summed E-state index contributed by atoms with van der Waals surface area (Å²) >= 11 is 0. The summed E-state index contributed by atoms with van der Waals surface area (Å²) in [6.07, 6.45) is 8.71. The molecular formula is C20H31N3O2. The molecule has 5 nitrogen and oxygen atoms in total. The third-order valence-corrected chi connectivity index (χ3v) is 4.65. The lowest BCUT2D eigenvalue weighted by atomic mass is 10.0. The number of allylic oxidation sites excluding steroid dienone is 5. The maximum Gasteiger partial charge on any atom is 0.220 e. The van der Waals surface area contributed by atoms with Gasteiger partial charge in [-0.05, 0) is 38.2 Å². The van der Waals surface area contributed by atoms with Crippen molar-refractivity contribution in [3.8, 4) is 0 Å². The minimum atomic E-state index is 0.0966. The summed E-state index contributed by atoms with van der Waals surface area (Å²) in [7, 11) is 0. The number of rotatable bonds is 9. The van der Waals surface area contributed by atoms with E-state index in [1.54, 1.807) is 0 Å². The first-order chi connectivity index (χ1) is 11.9. The molecule has 1 amide bonds. The van der Waals surface area contributed by atoms with Crippen LogP contribution in [0.5, 0.6) is 0 Å². The third kappa shape index (κ3) is 6.78. The number of carbonyl (C=O) groups is 1. The highest BCUT2D eigenvalue weighted by Gasteiger charge is 2.27. The molecule has 0 bridgehead atoms. The Morgan fingerprint density at radius 2 is 2.16 bits per heavy atom. The summed E-state index contributed by atoms with van der Waals surface area (Å²) in [4.78, 5) is 14.0. The largest absolute Gasteiger partial charge is 0.512 e. The smallest absolute Gasteiger partial charge is 0.220 e. The van der Waals surface area contributed by atoms with Crippen LogP contribution in [-0.4, -0.2) is 48.1 Å². The van der Waals surface area contributed by atoms with E-state index in [9.17, 15) is 4.79 Å². The molecule has 1 saturated heterocycles. The van der Waals surface area contributed by atoms with Crippen LogP contribution in [0.15, 0.2) is 47.9 Å². The fourth-order valence-corrected chi connectivity index (χ4v) is 3.19. The van der Waals surface area contributed by atoms with Crippen molar-refractivity contribution in [2.45, 2.75) is 45.1 Å². The van der Waals surface area contributed by atoms with Crippen molar-refractivity contribution < 1.29 is 9.90 Å². The molecule has 138 valence electrons. The summed E-state index contributed by atoms with van der Waals surface area (Å²) in [5, 5.41) is 15.5. The zero-order valence-electron chi connectivity index (χ0n) is 15.3. The van der Waals surface area contributed by atoms with E-state index in [2.05, 4.69) is 47.8 Å². The molecule has 2 aliphatic rings. The number of nitrogens with one attached hydrogen (secondary N) is 2. The summed E-state index contributed by atoms with van der Waals surface area (Å²) in [6, 6.07) is 0.198. The molecule has 0 aliphatic carbocycles. The number of likely N-dealkylation sites (tertiary alicyclic amines) is 1. The van der Waals surface area contributed by atoms with Crippen LogP contribution in [0.25, 0.3) is 0 Å². The van der Waals surface area contributed by atoms with Crippen molar-refractivity contribution in [2.75, 3.05) is 26.2 Å². The average Bonchev–Trinajstić information content (AvgIpc) is 2.51. The summed E-state index contributed by atoms with van der Waals surface area (Å²) in [5.74, 6) is 0.269. The molecule has 2 aliphatic heterocycles. The van der Waals surface area contributed by atoms with Gasteiger partial charge in [0.1, 0.15) is 0 Å². The lowest BCUT2D eigenvalue weighted by molar-refractivity contribution is -0.123. The van der Waals surface area contributed by atoms with Crippen LogP contribution in [0.3, 0.4) is 0 Å². The molecule has 0 aromatic carbocycles. The molecule has 3 N–H and O–H groups in total. The number of nitrogens with zero attached hydrogens (tertiary/aromatic N) is 1. The first kappa shape index (κ1) is 19.3. The molecule has 0 aromatic heterocycles. The van der Waals surface area contributed by atoms with Gasteiger partial charge in [-0.1, -0.05) is 30.9 Å². The number of hydrogen-bond donors (Lipinski definition) is 3. The fraction of sp³-hybridized carbons (Fsp3) is 0.550. The van der Waals surface area contributed by atoms with Gasteiger partial charge in [0.15, 0.2) is 0 Å². The topological polar surface area (TPSA) is 64.6 Å². The van der Waals surface area contributed by atoms with Gasteiger partial charge >= 0.3 is 0 Å². The first-order valence-electron chi connectivity index (χ1n) is 9.12. The van der Waals surface area contributed by atoms with Crippen LogP contribution in [0.4, 0.5) is 0 Å². The molecule has 5 heteroatoms. The van der Waals surface area contributed by atoms with Crippen molar-refractivity contribution >= 4 is 5.91 Å². The maximum absolute atomic E-state index is 11.9. The Balaban J connectivity index is 1.58. The SMILES string of the molecule is C=C(O)CN1CC(NC(=O)CCCC(=C)/C=C\C2=C(C)NCCC2)C1. The molecule has 0 atom stereocenters.